The van der Waals surface area contributed by atoms with Crippen LogP contribution in [0.1, 0.15) is 53.1 Å². The molecule has 0 radical (unpaired) electrons. The molecule has 2 aromatic rings. The number of anilines is 1. The van der Waals surface area contributed by atoms with Gasteiger partial charge < -0.3 is 21.1 Å². The summed E-state index contributed by atoms with van der Waals surface area (Å²) in [5, 5.41) is 18.5. The second-order valence-corrected chi connectivity index (χ2v) is 9.36. The van der Waals surface area contributed by atoms with Crippen molar-refractivity contribution in [1.29, 1.82) is 0 Å². The number of aliphatic hydroxyl groups excluding tert-OH is 1. The quantitative estimate of drug-likeness (QED) is 0.380. The lowest BCUT2D eigenvalue weighted by atomic mass is 9.97. The zero-order valence-corrected chi connectivity index (χ0v) is 19.0. The van der Waals surface area contributed by atoms with Gasteiger partial charge in [-0.05, 0) is 43.0 Å². The van der Waals surface area contributed by atoms with Gasteiger partial charge >= 0.3 is 0 Å². The Bertz CT molecular complexity index is 870. The van der Waals surface area contributed by atoms with Gasteiger partial charge in [-0.3, -0.25) is 9.59 Å². The molecule has 2 aromatic heterocycles. The van der Waals surface area contributed by atoms with Crippen LogP contribution in [-0.2, 0) is 11.3 Å². The number of hydrogen-bond acceptors (Lipinski definition) is 6. The van der Waals surface area contributed by atoms with E-state index < -0.39 is 6.04 Å². The van der Waals surface area contributed by atoms with Gasteiger partial charge in [0.25, 0.3) is 5.91 Å². The van der Waals surface area contributed by atoms with Crippen molar-refractivity contribution in [2.24, 2.45) is 5.92 Å². The molecule has 0 unspecified atom stereocenters. The molecule has 0 spiro atoms. The van der Waals surface area contributed by atoms with Crippen LogP contribution in [0, 0.1) is 5.92 Å². The predicted octanol–water partition coefficient (Wildman–Crippen LogP) is 3.59. The summed E-state index contributed by atoms with van der Waals surface area (Å²) >= 11 is 7.35. The Hall–Kier alpha value is -2.16. The fourth-order valence-electron chi connectivity index (χ4n) is 3.73. The maximum atomic E-state index is 12.8. The Morgan fingerprint density at radius 2 is 2.06 bits per heavy atom. The highest BCUT2D eigenvalue weighted by molar-refractivity contribution is 7.14. The molecule has 2 amide bonds. The highest BCUT2D eigenvalue weighted by Gasteiger charge is 2.27. The van der Waals surface area contributed by atoms with E-state index in [1.54, 1.807) is 24.4 Å². The molecular weight excluding hydrogens is 436 g/mol. The van der Waals surface area contributed by atoms with Crippen LogP contribution < -0.4 is 16.0 Å². The Morgan fingerprint density at radius 3 is 2.81 bits per heavy atom. The molecule has 7 nitrogen and oxygen atoms in total. The van der Waals surface area contributed by atoms with Gasteiger partial charge in [0, 0.05) is 29.2 Å². The molecule has 0 bridgehead atoms. The van der Waals surface area contributed by atoms with Crippen LogP contribution >= 0.6 is 22.9 Å². The first kappa shape index (κ1) is 23.5. The Labute approximate surface area is 191 Å². The van der Waals surface area contributed by atoms with Crippen molar-refractivity contribution in [2.75, 3.05) is 18.5 Å². The predicted molar refractivity (Wildman–Crippen MR) is 123 cm³/mol. The minimum atomic E-state index is -0.561. The number of pyridine rings is 1. The number of aliphatic hydroxyl groups is 1. The summed E-state index contributed by atoms with van der Waals surface area (Å²) < 4.78 is 0. The number of halogens is 1. The number of hydrogen-bond donors (Lipinski definition) is 4. The lowest BCUT2D eigenvalue weighted by Crippen LogP contribution is -2.47. The molecule has 1 saturated carbocycles. The standard InChI is InChI=1S/C22H29ClN4O3S/c23-16-8-10-24-20(13-16)26-14-17-6-7-19(31-17)22(30)27-18(12-15-4-1-2-5-15)21(29)25-9-3-11-28/h6-8,10,13,15,18,28H,1-5,9,11-12,14H2,(H,24,26)(H,25,29)(H,27,30)/t18-/m0/s1. The lowest BCUT2D eigenvalue weighted by molar-refractivity contribution is -0.123. The zero-order valence-electron chi connectivity index (χ0n) is 17.4. The van der Waals surface area contributed by atoms with Gasteiger partial charge in [0.05, 0.1) is 11.4 Å². The van der Waals surface area contributed by atoms with Crippen molar-refractivity contribution < 1.29 is 14.7 Å². The number of thiophene rings is 1. The van der Waals surface area contributed by atoms with Crippen LogP contribution in [0.5, 0.6) is 0 Å². The molecule has 0 saturated heterocycles. The van der Waals surface area contributed by atoms with Crippen molar-refractivity contribution >= 4 is 40.6 Å². The molecule has 2 heterocycles. The average Bonchev–Trinajstić information content (AvgIpc) is 3.44. The maximum Gasteiger partial charge on any atom is 0.262 e. The monoisotopic (exact) mass is 464 g/mol. The number of rotatable bonds is 11. The molecule has 3 rings (SSSR count). The summed E-state index contributed by atoms with van der Waals surface area (Å²) in [5.41, 5.74) is 0. The summed E-state index contributed by atoms with van der Waals surface area (Å²) in [6, 6.07) is 6.56. The SMILES string of the molecule is O=C(N[C@@H](CC1CCCC1)C(=O)NCCCO)c1ccc(CNc2cc(Cl)ccn2)s1. The molecule has 1 atom stereocenters. The van der Waals surface area contributed by atoms with E-state index in [0.717, 1.165) is 17.7 Å². The Balaban J connectivity index is 1.57. The number of carbonyl (C=O) groups is 2. The van der Waals surface area contributed by atoms with Crippen molar-refractivity contribution in [3.63, 3.8) is 0 Å². The Kier molecular flexibility index (Phi) is 9.12. The first-order chi connectivity index (χ1) is 15.0. The molecule has 1 aliphatic carbocycles. The van der Waals surface area contributed by atoms with E-state index >= 15 is 0 Å². The van der Waals surface area contributed by atoms with Gasteiger partial charge in [0.2, 0.25) is 5.91 Å². The van der Waals surface area contributed by atoms with Gasteiger partial charge in [0.15, 0.2) is 0 Å². The molecule has 31 heavy (non-hydrogen) atoms. The van der Waals surface area contributed by atoms with Crippen LogP contribution in [0.4, 0.5) is 5.82 Å². The van der Waals surface area contributed by atoms with Crippen molar-refractivity contribution in [1.82, 2.24) is 15.6 Å². The third-order valence-corrected chi connectivity index (χ3v) is 6.67. The normalized spacial score (nSPS) is 14.9. The maximum absolute atomic E-state index is 12.8. The number of aromatic nitrogens is 1. The molecule has 0 aliphatic heterocycles. The van der Waals surface area contributed by atoms with Crippen molar-refractivity contribution in [3.8, 4) is 0 Å². The van der Waals surface area contributed by atoms with Crippen molar-refractivity contribution in [3.05, 3.63) is 45.2 Å². The minimum Gasteiger partial charge on any atom is -0.396 e. The fraction of sp³-hybridized carbons (Fsp3) is 0.500. The van der Waals surface area contributed by atoms with Crippen LogP contribution in [0.25, 0.3) is 0 Å². The number of nitrogens with one attached hydrogen (secondary N) is 3. The van der Waals surface area contributed by atoms with E-state index in [9.17, 15) is 9.59 Å². The van der Waals surface area contributed by atoms with E-state index in [0.29, 0.717) is 47.6 Å². The molecule has 0 aromatic carbocycles. The van der Waals surface area contributed by atoms with Crippen LogP contribution in [0.2, 0.25) is 5.02 Å². The van der Waals surface area contributed by atoms with Gasteiger partial charge in [-0.2, -0.15) is 0 Å². The topological polar surface area (TPSA) is 103 Å². The molecule has 9 heteroatoms. The van der Waals surface area contributed by atoms with E-state index in [2.05, 4.69) is 20.9 Å². The Morgan fingerprint density at radius 1 is 1.26 bits per heavy atom. The summed E-state index contributed by atoms with van der Waals surface area (Å²) in [4.78, 5) is 31.2. The highest BCUT2D eigenvalue weighted by Crippen LogP contribution is 2.29. The van der Waals surface area contributed by atoms with Gasteiger partial charge in [-0.25, -0.2) is 4.98 Å². The molecule has 1 fully saturated rings. The molecular formula is C22H29ClN4O3S. The number of nitrogens with zero attached hydrogens (tertiary/aromatic N) is 1. The summed E-state index contributed by atoms with van der Waals surface area (Å²) in [6.45, 7) is 0.952. The summed E-state index contributed by atoms with van der Waals surface area (Å²) in [6.07, 6.45) is 7.34. The average molecular weight is 465 g/mol. The minimum absolute atomic E-state index is 0.0244. The van der Waals surface area contributed by atoms with E-state index in [4.69, 9.17) is 16.7 Å². The third kappa shape index (κ3) is 7.48. The number of amides is 2. The van der Waals surface area contributed by atoms with Crippen LogP contribution in [0.15, 0.2) is 30.5 Å². The lowest BCUT2D eigenvalue weighted by Gasteiger charge is -2.21. The zero-order chi connectivity index (χ0) is 22.1. The van der Waals surface area contributed by atoms with E-state index in [-0.39, 0.29) is 18.4 Å². The molecule has 4 N–H and O–H groups in total. The van der Waals surface area contributed by atoms with Crippen LogP contribution in [-0.4, -0.2) is 41.1 Å². The number of carbonyl (C=O) groups excluding carboxylic acids is 2. The van der Waals surface area contributed by atoms with Gasteiger partial charge in [-0.15, -0.1) is 11.3 Å². The van der Waals surface area contributed by atoms with E-state index in [1.165, 1.54) is 24.2 Å². The fourth-order valence-corrected chi connectivity index (χ4v) is 4.74. The van der Waals surface area contributed by atoms with E-state index in [1.807, 2.05) is 6.07 Å². The second-order valence-electron chi connectivity index (χ2n) is 7.76. The summed E-state index contributed by atoms with van der Waals surface area (Å²) in [7, 11) is 0. The van der Waals surface area contributed by atoms with Crippen LogP contribution in [0.3, 0.4) is 0 Å². The largest absolute Gasteiger partial charge is 0.396 e. The third-order valence-electron chi connectivity index (χ3n) is 5.35. The first-order valence-corrected chi connectivity index (χ1v) is 11.9. The molecule has 1 aliphatic rings. The molecule has 168 valence electrons. The van der Waals surface area contributed by atoms with Gasteiger partial charge in [-0.1, -0.05) is 37.3 Å². The highest BCUT2D eigenvalue weighted by atomic mass is 35.5. The summed E-state index contributed by atoms with van der Waals surface area (Å²) in [5.74, 6) is 0.710. The smallest absolute Gasteiger partial charge is 0.262 e. The van der Waals surface area contributed by atoms with Crippen molar-refractivity contribution in [2.45, 2.75) is 51.1 Å². The first-order valence-electron chi connectivity index (χ1n) is 10.7. The van der Waals surface area contributed by atoms with Gasteiger partial charge in [0.1, 0.15) is 11.9 Å². The second kappa shape index (κ2) is 12.0.